The van der Waals surface area contributed by atoms with Crippen LogP contribution in [0.25, 0.3) is 6.08 Å². The minimum Gasteiger partial charge on any atom is -0.466 e. The van der Waals surface area contributed by atoms with Gasteiger partial charge in [0, 0.05) is 12.6 Å². The van der Waals surface area contributed by atoms with Gasteiger partial charge in [-0.15, -0.1) is 0 Å². The standard InChI is InChI=1S/C25H35NO4Si/c1-16-9-11-18(12-10-16)13-20-19(14-21(27)29-6)15-26-23(20)22(24(26)28)17(2)30-31(7,8)25(3,4)5/h9-14,17,22-23H,15H2,1-8H3/b19-14+,20-13+/t17-,22-,23+/m1/s1. The van der Waals surface area contributed by atoms with Crippen molar-refractivity contribution in [3.8, 4) is 0 Å². The van der Waals surface area contributed by atoms with Crippen LogP contribution in [0.1, 0.15) is 38.8 Å². The number of amides is 1. The molecule has 6 heteroatoms. The number of ether oxygens (including phenoxy) is 1. The van der Waals surface area contributed by atoms with Crippen molar-refractivity contribution < 1.29 is 18.8 Å². The van der Waals surface area contributed by atoms with E-state index in [4.69, 9.17) is 9.16 Å². The zero-order valence-electron chi connectivity index (χ0n) is 20.0. The Kier molecular flexibility index (Phi) is 6.36. The van der Waals surface area contributed by atoms with Crippen LogP contribution in [0, 0.1) is 12.8 Å². The Balaban J connectivity index is 1.96. The second-order valence-electron chi connectivity index (χ2n) is 10.2. The number of nitrogens with zero attached hydrogens (tertiary/aromatic N) is 1. The summed E-state index contributed by atoms with van der Waals surface area (Å²) in [5.41, 5.74) is 4.08. The van der Waals surface area contributed by atoms with Crippen molar-refractivity contribution in [1.82, 2.24) is 4.90 Å². The molecule has 5 nitrogen and oxygen atoms in total. The molecule has 3 atom stereocenters. The first kappa shape index (κ1) is 23.5. The summed E-state index contributed by atoms with van der Waals surface area (Å²) in [6.07, 6.45) is 3.42. The smallest absolute Gasteiger partial charge is 0.330 e. The highest BCUT2D eigenvalue weighted by Crippen LogP contribution is 2.47. The van der Waals surface area contributed by atoms with Crippen molar-refractivity contribution in [2.75, 3.05) is 13.7 Å². The van der Waals surface area contributed by atoms with Crippen molar-refractivity contribution in [2.24, 2.45) is 5.92 Å². The molecule has 3 rings (SSSR count). The Bertz CT molecular complexity index is 924. The van der Waals surface area contributed by atoms with Gasteiger partial charge in [-0.2, -0.15) is 0 Å². The van der Waals surface area contributed by atoms with Crippen molar-refractivity contribution in [2.45, 2.75) is 64.9 Å². The first-order valence-electron chi connectivity index (χ1n) is 10.9. The summed E-state index contributed by atoms with van der Waals surface area (Å²) in [5, 5.41) is 0.0694. The summed E-state index contributed by atoms with van der Waals surface area (Å²) in [4.78, 5) is 26.9. The Morgan fingerprint density at radius 3 is 2.39 bits per heavy atom. The summed E-state index contributed by atoms with van der Waals surface area (Å²) in [6.45, 7) is 15.5. The fraction of sp³-hybridized carbons (Fsp3) is 0.520. The van der Waals surface area contributed by atoms with E-state index in [0.717, 1.165) is 16.7 Å². The highest BCUT2D eigenvalue weighted by atomic mass is 28.4. The number of carbonyl (C=O) groups is 2. The van der Waals surface area contributed by atoms with E-state index >= 15 is 0 Å². The largest absolute Gasteiger partial charge is 0.466 e. The van der Waals surface area contributed by atoms with Gasteiger partial charge in [0.05, 0.1) is 25.2 Å². The zero-order chi connectivity index (χ0) is 23.1. The van der Waals surface area contributed by atoms with Crippen LogP contribution in [0.3, 0.4) is 0 Å². The molecule has 168 valence electrons. The van der Waals surface area contributed by atoms with Gasteiger partial charge in [0.25, 0.3) is 0 Å². The molecule has 2 aliphatic rings. The molecule has 31 heavy (non-hydrogen) atoms. The van der Waals surface area contributed by atoms with Gasteiger partial charge in [-0.05, 0) is 54.8 Å². The predicted octanol–water partition coefficient (Wildman–Crippen LogP) is 4.73. The first-order chi connectivity index (χ1) is 14.4. The Morgan fingerprint density at radius 1 is 1.23 bits per heavy atom. The number of hydrogen-bond donors (Lipinski definition) is 0. The molecule has 2 fully saturated rings. The maximum absolute atomic E-state index is 13.1. The molecule has 0 saturated carbocycles. The molecule has 0 N–H and O–H groups in total. The molecule has 0 spiro atoms. The molecule has 2 saturated heterocycles. The maximum Gasteiger partial charge on any atom is 0.330 e. The van der Waals surface area contributed by atoms with Crippen molar-refractivity contribution >= 4 is 26.3 Å². The third kappa shape index (κ3) is 4.55. The quantitative estimate of drug-likeness (QED) is 0.287. The Morgan fingerprint density at radius 2 is 1.84 bits per heavy atom. The second-order valence-corrected chi connectivity index (χ2v) is 15.0. The number of β-lactam (4-membered cyclic amide) rings is 1. The third-order valence-electron chi connectivity index (χ3n) is 6.96. The number of esters is 1. The molecule has 2 heterocycles. The van der Waals surface area contributed by atoms with Crippen molar-refractivity contribution in [3.05, 3.63) is 52.6 Å². The van der Waals surface area contributed by atoms with Crippen LogP contribution in [0.15, 0.2) is 41.5 Å². The number of aryl methyl sites for hydroxylation is 1. The lowest BCUT2D eigenvalue weighted by Gasteiger charge is -2.48. The van der Waals surface area contributed by atoms with E-state index in [-0.39, 0.29) is 29.0 Å². The van der Waals surface area contributed by atoms with Crippen LogP contribution in [0.5, 0.6) is 0 Å². The van der Waals surface area contributed by atoms with Gasteiger partial charge >= 0.3 is 5.97 Å². The fourth-order valence-corrected chi connectivity index (χ4v) is 5.53. The first-order valence-corrected chi connectivity index (χ1v) is 13.8. The van der Waals surface area contributed by atoms with Crippen LogP contribution >= 0.6 is 0 Å². The molecule has 0 unspecified atom stereocenters. The summed E-state index contributed by atoms with van der Waals surface area (Å²) in [5.74, 6) is -0.546. The fourth-order valence-electron chi connectivity index (χ4n) is 4.10. The van der Waals surface area contributed by atoms with Crippen LogP contribution < -0.4 is 0 Å². The second kappa shape index (κ2) is 8.39. The molecule has 0 aromatic heterocycles. The molecule has 1 amide bonds. The SMILES string of the molecule is COC(=O)/C=C1\CN2C(=O)[C@H]([C@@H](C)O[Si](C)(C)C(C)(C)C)[C@@H]2\C1=C\c1ccc(C)cc1. The average molecular weight is 442 g/mol. The lowest BCUT2D eigenvalue weighted by molar-refractivity contribution is -0.156. The van der Waals surface area contributed by atoms with Crippen LogP contribution in [0.4, 0.5) is 0 Å². The number of carbonyl (C=O) groups excluding carboxylic acids is 2. The van der Waals surface area contributed by atoms with Gasteiger partial charge in [0.2, 0.25) is 5.91 Å². The number of rotatable bonds is 5. The topological polar surface area (TPSA) is 55.8 Å². The van der Waals surface area contributed by atoms with Crippen LogP contribution in [0.2, 0.25) is 18.1 Å². The normalized spacial score (nSPS) is 24.9. The summed E-state index contributed by atoms with van der Waals surface area (Å²) in [6, 6.07) is 8.17. The van der Waals surface area contributed by atoms with E-state index in [2.05, 4.69) is 71.1 Å². The summed E-state index contributed by atoms with van der Waals surface area (Å²) < 4.78 is 11.4. The predicted molar refractivity (Wildman–Crippen MR) is 126 cm³/mol. The number of methoxy groups -OCH3 is 1. The molecule has 0 radical (unpaired) electrons. The number of hydrogen-bond acceptors (Lipinski definition) is 4. The lowest BCUT2D eigenvalue weighted by Crippen LogP contribution is -2.63. The highest BCUT2D eigenvalue weighted by Gasteiger charge is 2.57. The van der Waals surface area contributed by atoms with Gasteiger partial charge in [-0.3, -0.25) is 4.79 Å². The third-order valence-corrected chi connectivity index (χ3v) is 11.5. The van der Waals surface area contributed by atoms with E-state index < -0.39 is 14.3 Å². The lowest BCUT2D eigenvalue weighted by atomic mass is 9.80. The van der Waals surface area contributed by atoms with Crippen molar-refractivity contribution in [1.29, 1.82) is 0 Å². The number of benzene rings is 1. The molecule has 0 aliphatic carbocycles. The Labute approximate surface area is 187 Å². The van der Waals surface area contributed by atoms with Crippen LogP contribution in [-0.2, 0) is 18.8 Å². The molecule has 0 bridgehead atoms. The van der Waals surface area contributed by atoms with Crippen molar-refractivity contribution in [3.63, 3.8) is 0 Å². The molecule has 1 aromatic rings. The van der Waals surface area contributed by atoms with Gasteiger partial charge in [-0.25, -0.2) is 4.79 Å². The highest BCUT2D eigenvalue weighted by molar-refractivity contribution is 6.74. The monoisotopic (exact) mass is 441 g/mol. The minimum absolute atomic E-state index is 0.0694. The van der Waals surface area contributed by atoms with Gasteiger partial charge in [0.15, 0.2) is 8.32 Å². The van der Waals surface area contributed by atoms with E-state index in [0.29, 0.717) is 6.54 Å². The number of fused-ring (bicyclic) bond motifs is 1. The van der Waals surface area contributed by atoms with E-state index in [1.165, 1.54) is 18.7 Å². The van der Waals surface area contributed by atoms with Gasteiger partial charge < -0.3 is 14.1 Å². The van der Waals surface area contributed by atoms with Gasteiger partial charge in [0.1, 0.15) is 0 Å². The van der Waals surface area contributed by atoms with E-state index in [1.807, 2.05) is 11.8 Å². The maximum atomic E-state index is 13.1. The summed E-state index contributed by atoms with van der Waals surface area (Å²) in [7, 11) is -0.646. The molecule has 2 aliphatic heterocycles. The van der Waals surface area contributed by atoms with E-state index in [1.54, 1.807) is 0 Å². The van der Waals surface area contributed by atoms with Gasteiger partial charge in [-0.1, -0.05) is 50.6 Å². The van der Waals surface area contributed by atoms with E-state index in [9.17, 15) is 9.59 Å². The minimum atomic E-state index is -2.02. The Hall–Kier alpha value is -2.18. The zero-order valence-corrected chi connectivity index (χ0v) is 21.0. The summed E-state index contributed by atoms with van der Waals surface area (Å²) >= 11 is 0. The average Bonchev–Trinajstić information content (AvgIpc) is 2.95. The molecular formula is C25H35NO4Si. The molecule has 1 aromatic carbocycles. The molecular weight excluding hydrogens is 406 g/mol. The van der Waals surface area contributed by atoms with Crippen LogP contribution in [-0.4, -0.2) is 50.9 Å².